The lowest BCUT2D eigenvalue weighted by Gasteiger charge is -2.13. The number of carbonyl (C=O) groups is 2. The number of aliphatic carboxylic acids is 1. The first-order chi connectivity index (χ1) is 13.3. The average molecular weight is 382 g/mol. The fraction of sp³-hybridized carbons (Fsp3) is 0.286. The van der Waals surface area contributed by atoms with Crippen LogP contribution in [0.15, 0.2) is 41.5 Å². The number of nitrogens with zero attached hydrogens (tertiary/aromatic N) is 1. The van der Waals surface area contributed by atoms with Crippen LogP contribution in [0.2, 0.25) is 0 Å². The van der Waals surface area contributed by atoms with E-state index in [9.17, 15) is 14.7 Å². The third kappa shape index (κ3) is 6.12. The van der Waals surface area contributed by atoms with Gasteiger partial charge in [0.2, 0.25) is 0 Å². The highest BCUT2D eigenvalue weighted by Crippen LogP contribution is 2.21. The van der Waals surface area contributed by atoms with Gasteiger partial charge in [-0.05, 0) is 51.0 Å². The van der Waals surface area contributed by atoms with Crippen LogP contribution in [0.4, 0.5) is 5.69 Å². The number of hydrogen-bond donors (Lipinski definition) is 2. The van der Waals surface area contributed by atoms with Gasteiger partial charge in [0.05, 0.1) is 18.2 Å². The molecule has 7 nitrogen and oxygen atoms in total. The molecule has 0 heterocycles. The van der Waals surface area contributed by atoms with E-state index >= 15 is 0 Å². The predicted molar refractivity (Wildman–Crippen MR) is 106 cm³/mol. The second-order valence-corrected chi connectivity index (χ2v) is 6.55. The first kappa shape index (κ1) is 21.0. The van der Waals surface area contributed by atoms with Crippen molar-refractivity contribution >= 4 is 23.3 Å². The van der Waals surface area contributed by atoms with Crippen LogP contribution in [0, 0.1) is 20.8 Å². The molecule has 28 heavy (non-hydrogen) atoms. The average Bonchev–Trinajstić information content (AvgIpc) is 2.63. The molecule has 0 radical (unpaired) electrons. The second-order valence-electron chi connectivity index (χ2n) is 6.55. The van der Waals surface area contributed by atoms with Gasteiger partial charge in [-0.3, -0.25) is 4.79 Å². The number of nitrogens with one attached hydrogen (secondary N) is 2. The number of anilines is 1. The highest BCUT2D eigenvalue weighted by Gasteiger charge is 2.07. The molecule has 2 N–H and O–H groups in total. The third-order valence-electron chi connectivity index (χ3n) is 4.06. The van der Waals surface area contributed by atoms with Gasteiger partial charge in [0.15, 0.2) is 0 Å². The SMILES string of the molecule is C/C(=N/NC(=O)CNc1c(C)cc(C)cc1C)c1cccc(OCC(=O)[O-])c1. The van der Waals surface area contributed by atoms with Crippen molar-refractivity contribution in [3.8, 4) is 5.75 Å². The van der Waals surface area contributed by atoms with Gasteiger partial charge < -0.3 is 20.0 Å². The maximum absolute atomic E-state index is 12.1. The largest absolute Gasteiger partial charge is 0.546 e. The van der Waals surface area contributed by atoms with E-state index in [2.05, 4.69) is 28.0 Å². The van der Waals surface area contributed by atoms with Crippen LogP contribution in [-0.4, -0.2) is 30.7 Å². The van der Waals surface area contributed by atoms with E-state index in [0.29, 0.717) is 17.0 Å². The Labute approximate surface area is 164 Å². The van der Waals surface area contributed by atoms with Crippen molar-refractivity contribution in [2.75, 3.05) is 18.5 Å². The zero-order chi connectivity index (χ0) is 20.7. The molecule has 0 fully saturated rings. The summed E-state index contributed by atoms with van der Waals surface area (Å²) < 4.78 is 5.09. The Balaban J connectivity index is 1.95. The quantitative estimate of drug-likeness (QED) is 0.534. The van der Waals surface area contributed by atoms with E-state index in [0.717, 1.165) is 16.8 Å². The lowest BCUT2D eigenvalue weighted by Crippen LogP contribution is -2.29. The van der Waals surface area contributed by atoms with Crippen LogP contribution in [-0.2, 0) is 9.59 Å². The van der Waals surface area contributed by atoms with Gasteiger partial charge in [0.1, 0.15) is 12.4 Å². The number of carbonyl (C=O) groups excluding carboxylic acids is 2. The van der Waals surface area contributed by atoms with E-state index in [4.69, 9.17) is 4.74 Å². The maximum atomic E-state index is 12.1. The molecule has 2 rings (SSSR count). The van der Waals surface area contributed by atoms with Gasteiger partial charge in [-0.2, -0.15) is 5.10 Å². The summed E-state index contributed by atoms with van der Waals surface area (Å²) in [4.78, 5) is 22.6. The molecule has 0 saturated carbocycles. The number of rotatable bonds is 8. The number of hydrazone groups is 1. The van der Waals surface area contributed by atoms with Crippen LogP contribution < -0.4 is 20.6 Å². The summed E-state index contributed by atoms with van der Waals surface area (Å²) in [6.45, 7) is 7.33. The number of carboxylic acid groups (broad SMARTS) is 1. The maximum Gasteiger partial charge on any atom is 0.259 e. The van der Waals surface area contributed by atoms with Crippen LogP contribution in [0.1, 0.15) is 29.2 Å². The van der Waals surface area contributed by atoms with Crippen LogP contribution in [0.5, 0.6) is 5.75 Å². The normalized spacial score (nSPS) is 11.1. The lowest BCUT2D eigenvalue weighted by atomic mass is 10.1. The lowest BCUT2D eigenvalue weighted by molar-refractivity contribution is -0.307. The molecule has 2 aromatic rings. The summed E-state index contributed by atoms with van der Waals surface area (Å²) in [6.07, 6.45) is 0. The van der Waals surface area contributed by atoms with E-state index in [1.165, 1.54) is 5.56 Å². The highest BCUT2D eigenvalue weighted by atomic mass is 16.5. The van der Waals surface area contributed by atoms with Gasteiger partial charge >= 0.3 is 0 Å². The number of hydrogen-bond acceptors (Lipinski definition) is 6. The Morgan fingerprint density at radius 2 is 1.79 bits per heavy atom. The molecule has 0 unspecified atom stereocenters. The van der Waals surface area contributed by atoms with Gasteiger partial charge in [-0.25, -0.2) is 5.43 Å². The third-order valence-corrected chi connectivity index (χ3v) is 4.06. The van der Waals surface area contributed by atoms with E-state index in [1.807, 2.05) is 20.8 Å². The van der Waals surface area contributed by atoms with Gasteiger partial charge in [-0.15, -0.1) is 0 Å². The van der Waals surface area contributed by atoms with Gasteiger partial charge in [0, 0.05) is 11.3 Å². The second kappa shape index (κ2) is 9.55. The van der Waals surface area contributed by atoms with Crippen molar-refractivity contribution in [1.29, 1.82) is 0 Å². The molecule has 0 aliphatic carbocycles. The van der Waals surface area contributed by atoms with Gasteiger partial charge in [-0.1, -0.05) is 29.8 Å². The smallest absolute Gasteiger partial charge is 0.259 e. The van der Waals surface area contributed by atoms with Crippen molar-refractivity contribution in [2.45, 2.75) is 27.7 Å². The summed E-state index contributed by atoms with van der Waals surface area (Å²) in [6, 6.07) is 10.9. The number of carboxylic acids is 1. The highest BCUT2D eigenvalue weighted by molar-refractivity contribution is 5.99. The van der Waals surface area contributed by atoms with E-state index < -0.39 is 12.6 Å². The molecule has 148 valence electrons. The molecular weight excluding hydrogens is 358 g/mol. The first-order valence-corrected chi connectivity index (χ1v) is 8.84. The zero-order valence-corrected chi connectivity index (χ0v) is 16.5. The number of aryl methyl sites for hydroxylation is 3. The van der Waals surface area contributed by atoms with E-state index in [-0.39, 0.29) is 12.5 Å². The molecule has 0 aromatic heterocycles. The standard InChI is InChI=1S/C21H25N3O4/c1-13-8-14(2)21(15(3)9-13)22-11-19(25)24-23-16(4)17-6-5-7-18(10-17)28-12-20(26)27/h5-10,22H,11-12H2,1-4H3,(H,24,25)(H,26,27)/p-1/b23-16-. The van der Waals surface area contributed by atoms with Crippen molar-refractivity contribution in [3.05, 3.63) is 58.7 Å². The molecule has 1 amide bonds. The summed E-state index contributed by atoms with van der Waals surface area (Å²) in [5, 5.41) is 17.7. The van der Waals surface area contributed by atoms with Crippen molar-refractivity contribution in [1.82, 2.24) is 5.43 Å². The zero-order valence-electron chi connectivity index (χ0n) is 16.5. The molecule has 0 aliphatic rings. The Morgan fingerprint density at radius 3 is 2.43 bits per heavy atom. The molecule has 7 heteroatoms. The van der Waals surface area contributed by atoms with Crippen LogP contribution in [0.25, 0.3) is 0 Å². The molecule has 0 bridgehead atoms. The number of amides is 1. The Hall–Kier alpha value is -3.35. The summed E-state index contributed by atoms with van der Waals surface area (Å²) >= 11 is 0. The first-order valence-electron chi connectivity index (χ1n) is 8.84. The molecule has 0 aliphatic heterocycles. The summed E-state index contributed by atoms with van der Waals surface area (Å²) in [5.74, 6) is -1.19. The molecular formula is C21H24N3O4-. The van der Waals surface area contributed by atoms with Crippen LogP contribution in [0.3, 0.4) is 0 Å². The topological polar surface area (TPSA) is 103 Å². The minimum atomic E-state index is -1.30. The van der Waals surface area contributed by atoms with Crippen LogP contribution >= 0.6 is 0 Å². The summed E-state index contributed by atoms with van der Waals surface area (Å²) in [5.41, 5.74) is 8.06. The Morgan fingerprint density at radius 1 is 1.11 bits per heavy atom. The monoisotopic (exact) mass is 382 g/mol. The minimum Gasteiger partial charge on any atom is -0.546 e. The fourth-order valence-corrected chi connectivity index (χ4v) is 2.83. The molecule has 0 saturated heterocycles. The Bertz CT molecular complexity index is 883. The molecule has 2 aromatic carbocycles. The van der Waals surface area contributed by atoms with Crippen molar-refractivity contribution in [2.24, 2.45) is 5.10 Å². The number of benzene rings is 2. The number of ether oxygens (including phenoxy) is 1. The molecule has 0 atom stereocenters. The van der Waals surface area contributed by atoms with Crippen molar-refractivity contribution < 1.29 is 19.4 Å². The predicted octanol–water partition coefficient (Wildman–Crippen LogP) is 1.69. The van der Waals surface area contributed by atoms with Crippen molar-refractivity contribution in [3.63, 3.8) is 0 Å². The minimum absolute atomic E-state index is 0.0935. The summed E-state index contributed by atoms with van der Waals surface area (Å²) in [7, 11) is 0. The Kier molecular flexibility index (Phi) is 7.14. The molecule has 0 spiro atoms. The van der Waals surface area contributed by atoms with Gasteiger partial charge in [0.25, 0.3) is 5.91 Å². The fourth-order valence-electron chi connectivity index (χ4n) is 2.83. The van der Waals surface area contributed by atoms with E-state index in [1.54, 1.807) is 31.2 Å².